The van der Waals surface area contributed by atoms with Crippen LogP contribution in [-0.2, 0) is 6.42 Å². The molecule has 3 heterocycles. The van der Waals surface area contributed by atoms with E-state index in [2.05, 4.69) is 174 Å². The molecule has 1 aliphatic carbocycles. The Bertz CT molecular complexity index is 3190. The van der Waals surface area contributed by atoms with Gasteiger partial charge in [-0.25, -0.2) is 15.0 Å². The van der Waals surface area contributed by atoms with Gasteiger partial charge in [0.1, 0.15) is 0 Å². The van der Waals surface area contributed by atoms with E-state index in [4.69, 9.17) is 15.0 Å². The lowest BCUT2D eigenvalue weighted by atomic mass is 10.0. The minimum atomic E-state index is 0.626. The summed E-state index contributed by atoms with van der Waals surface area (Å²) in [6.07, 6.45) is 11.0. The molecule has 0 saturated carbocycles. The van der Waals surface area contributed by atoms with Gasteiger partial charge in [0.15, 0.2) is 17.5 Å². The average molecular weight is 761 g/mol. The van der Waals surface area contributed by atoms with Crippen molar-refractivity contribution < 1.29 is 0 Å². The lowest BCUT2D eigenvalue weighted by molar-refractivity contribution is 1.06. The number of fused-ring (bicyclic) bond motifs is 7. The highest BCUT2D eigenvalue weighted by atomic mass is 32.1. The third kappa shape index (κ3) is 5.96. The van der Waals surface area contributed by atoms with E-state index in [0.717, 1.165) is 46.3 Å². The summed E-state index contributed by atoms with van der Waals surface area (Å²) in [4.78, 5) is 16.9. The predicted octanol–water partition coefficient (Wildman–Crippen LogP) is 14.0. The first-order valence-corrected chi connectivity index (χ1v) is 20.6. The highest BCUT2D eigenvalue weighted by Gasteiger charge is 2.23. The van der Waals surface area contributed by atoms with Gasteiger partial charge in [0.25, 0.3) is 0 Å². The van der Waals surface area contributed by atoms with Gasteiger partial charge < -0.3 is 4.57 Å². The molecule has 5 heteroatoms. The van der Waals surface area contributed by atoms with Crippen LogP contribution in [0.2, 0.25) is 0 Å². The molecule has 3 aromatic heterocycles. The third-order valence-corrected chi connectivity index (χ3v) is 12.4. The fraction of sp³-hybridized carbons (Fsp3) is 0.0377. The van der Waals surface area contributed by atoms with Crippen LogP contribution in [0.1, 0.15) is 16.9 Å². The van der Waals surface area contributed by atoms with Gasteiger partial charge >= 0.3 is 0 Å². The predicted molar refractivity (Wildman–Crippen MR) is 243 cm³/mol. The normalized spacial score (nSPS) is 13.1. The van der Waals surface area contributed by atoms with Crippen LogP contribution in [0.4, 0.5) is 0 Å². The summed E-state index contributed by atoms with van der Waals surface area (Å²) < 4.78 is 3.75. The van der Waals surface area contributed by atoms with Gasteiger partial charge in [-0.15, -0.1) is 11.3 Å². The standard InChI is InChI=1S/C53H36N4S/c1-2-13-25-48-41(22-12-1)43-32-31-42-45-34-40(36-18-8-4-9-19-36)30-33-47(45)57(49(42)50(43)58-48)46-24-15-14-23-44(46)53-55-51(38-20-10-5-11-21-38)54-52(56-53)39-28-26-37(27-29-39)35-16-6-3-7-17-35/h1,3-21,23-34H,2,22H2/b12-1-,25-13?. The zero-order valence-electron chi connectivity index (χ0n) is 31.6. The van der Waals surface area contributed by atoms with Crippen LogP contribution in [0.25, 0.3) is 100 Å². The molecule has 0 radical (unpaired) electrons. The van der Waals surface area contributed by atoms with E-state index >= 15 is 0 Å². The van der Waals surface area contributed by atoms with Crippen LogP contribution in [0.15, 0.2) is 188 Å². The topological polar surface area (TPSA) is 43.6 Å². The quantitative estimate of drug-likeness (QED) is 0.159. The number of hydrogen-bond acceptors (Lipinski definition) is 4. The molecule has 0 amide bonds. The lowest BCUT2D eigenvalue weighted by Gasteiger charge is -2.15. The van der Waals surface area contributed by atoms with E-state index < -0.39 is 0 Å². The Morgan fingerprint density at radius 3 is 1.76 bits per heavy atom. The molecule has 0 saturated heterocycles. The second-order valence-corrected chi connectivity index (χ2v) is 15.7. The number of thiophene rings is 1. The number of rotatable bonds is 6. The summed E-state index contributed by atoms with van der Waals surface area (Å²) in [5.41, 5.74) is 12.3. The average Bonchev–Trinajstić information content (AvgIpc) is 3.81. The second kappa shape index (κ2) is 14.4. The maximum Gasteiger partial charge on any atom is 0.166 e. The van der Waals surface area contributed by atoms with Crippen molar-refractivity contribution in [2.75, 3.05) is 0 Å². The number of benzene rings is 7. The Morgan fingerprint density at radius 1 is 0.448 bits per heavy atom. The molecule has 0 spiro atoms. The Labute approximate surface area is 340 Å². The van der Waals surface area contributed by atoms with Gasteiger partial charge in [0.2, 0.25) is 0 Å². The third-order valence-electron chi connectivity index (χ3n) is 11.2. The molecular formula is C53H36N4S. The van der Waals surface area contributed by atoms with E-state index in [1.807, 2.05) is 35.6 Å². The highest BCUT2D eigenvalue weighted by molar-refractivity contribution is 7.21. The molecule has 1 aliphatic rings. The summed E-state index contributed by atoms with van der Waals surface area (Å²) in [5.74, 6) is 1.90. The van der Waals surface area contributed by atoms with Crippen molar-refractivity contribution in [3.63, 3.8) is 0 Å². The lowest BCUT2D eigenvalue weighted by Crippen LogP contribution is -2.03. The number of hydrogen-bond donors (Lipinski definition) is 0. The molecule has 0 unspecified atom stereocenters. The second-order valence-electron chi connectivity index (χ2n) is 14.7. The molecule has 7 aromatic carbocycles. The monoisotopic (exact) mass is 760 g/mol. The first-order valence-electron chi connectivity index (χ1n) is 19.7. The summed E-state index contributed by atoms with van der Waals surface area (Å²) >= 11 is 1.89. The Balaban J connectivity index is 1.16. The molecule has 0 bridgehead atoms. The van der Waals surface area contributed by atoms with E-state index in [9.17, 15) is 0 Å². The molecule has 0 aliphatic heterocycles. The van der Waals surface area contributed by atoms with E-state index in [1.54, 1.807) is 0 Å². The number of para-hydroxylation sites is 1. The van der Waals surface area contributed by atoms with Crippen LogP contribution < -0.4 is 0 Å². The molecule has 11 rings (SSSR count). The van der Waals surface area contributed by atoms with Gasteiger partial charge in [-0.1, -0.05) is 164 Å². The highest BCUT2D eigenvalue weighted by Crippen LogP contribution is 2.45. The van der Waals surface area contributed by atoms with Crippen molar-refractivity contribution in [3.05, 3.63) is 199 Å². The summed E-state index contributed by atoms with van der Waals surface area (Å²) in [7, 11) is 0. The van der Waals surface area contributed by atoms with Crippen molar-refractivity contribution in [3.8, 4) is 62.1 Å². The number of nitrogens with zero attached hydrogens (tertiary/aromatic N) is 4. The zero-order chi connectivity index (χ0) is 38.4. The van der Waals surface area contributed by atoms with E-state index in [0.29, 0.717) is 17.5 Å². The van der Waals surface area contributed by atoms with Crippen LogP contribution in [0.5, 0.6) is 0 Å². The summed E-state index contributed by atoms with van der Waals surface area (Å²) in [5, 5.41) is 3.74. The van der Waals surface area contributed by atoms with Crippen LogP contribution in [0.3, 0.4) is 0 Å². The van der Waals surface area contributed by atoms with E-state index in [-0.39, 0.29) is 0 Å². The fourth-order valence-electron chi connectivity index (χ4n) is 8.32. The van der Waals surface area contributed by atoms with Gasteiger partial charge in [0, 0.05) is 32.3 Å². The number of allylic oxidation sites excluding steroid dienone is 3. The smallest absolute Gasteiger partial charge is 0.166 e. The van der Waals surface area contributed by atoms with Gasteiger partial charge in [-0.3, -0.25) is 0 Å². The Kier molecular flexibility index (Phi) is 8.45. The molecule has 10 aromatic rings. The van der Waals surface area contributed by atoms with Crippen molar-refractivity contribution in [1.29, 1.82) is 0 Å². The van der Waals surface area contributed by atoms with Crippen LogP contribution >= 0.6 is 11.3 Å². The van der Waals surface area contributed by atoms with Crippen molar-refractivity contribution in [1.82, 2.24) is 19.5 Å². The van der Waals surface area contributed by atoms with E-state index in [1.165, 1.54) is 53.5 Å². The Morgan fingerprint density at radius 2 is 1.02 bits per heavy atom. The van der Waals surface area contributed by atoms with Crippen molar-refractivity contribution in [2.24, 2.45) is 0 Å². The van der Waals surface area contributed by atoms with Gasteiger partial charge in [-0.05, 0) is 76.4 Å². The Hall–Kier alpha value is -7.21. The van der Waals surface area contributed by atoms with Crippen LogP contribution in [0, 0.1) is 0 Å². The van der Waals surface area contributed by atoms with Gasteiger partial charge in [0.05, 0.1) is 21.4 Å². The molecule has 274 valence electrons. The van der Waals surface area contributed by atoms with Crippen molar-refractivity contribution in [2.45, 2.75) is 12.8 Å². The molecule has 4 nitrogen and oxygen atoms in total. The molecule has 0 atom stereocenters. The van der Waals surface area contributed by atoms with Crippen molar-refractivity contribution >= 4 is 49.3 Å². The first kappa shape index (κ1) is 34.1. The fourth-order valence-corrected chi connectivity index (χ4v) is 9.62. The molecule has 58 heavy (non-hydrogen) atoms. The van der Waals surface area contributed by atoms with Crippen LogP contribution in [-0.4, -0.2) is 19.5 Å². The summed E-state index contributed by atoms with van der Waals surface area (Å²) in [6.45, 7) is 0. The first-order chi connectivity index (χ1) is 28.8. The SMILES string of the molecule is C1=Cc2sc3c(ccc4c5cc(-c6ccccc6)ccc5n(-c5ccccc5-c5nc(-c6ccccc6)nc(-c6ccc(-c7ccccc7)cc6)n5)c43)c2C/C=C\C1. The van der Waals surface area contributed by atoms with Gasteiger partial charge in [-0.2, -0.15) is 0 Å². The maximum atomic E-state index is 5.27. The summed E-state index contributed by atoms with van der Waals surface area (Å²) in [6, 6.07) is 60.0. The molecule has 0 N–H and O–H groups in total. The minimum absolute atomic E-state index is 0.626. The minimum Gasteiger partial charge on any atom is -0.307 e. The molecule has 0 fully saturated rings. The largest absolute Gasteiger partial charge is 0.307 e. The molecular weight excluding hydrogens is 725 g/mol. The number of aromatic nitrogens is 4. The maximum absolute atomic E-state index is 5.27. The zero-order valence-corrected chi connectivity index (χ0v) is 32.4.